The highest BCUT2D eigenvalue weighted by Gasteiger charge is 2.35. The highest BCUT2D eigenvalue weighted by molar-refractivity contribution is 8.05. The maximum absolute atomic E-state index is 6.41. The predicted octanol–water partition coefficient (Wildman–Crippen LogP) is 34.5. The summed E-state index contributed by atoms with van der Waals surface area (Å²) in [4.78, 5) is 55.4. The van der Waals surface area contributed by atoms with Crippen molar-refractivity contribution in [1.82, 2.24) is 39.9 Å². The molecule has 112 heavy (non-hydrogen) atoms. The molecule has 5 heterocycles. The number of hydrogen-bond acceptors (Lipinski definition) is 14. The van der Waals surface area contributed by atoms with Gasteiger partial charge in [0.25, 0.3) is 0 Å². The van der Waals surface area contributed by atoms with E-state index in [9.17, 15) is 0 Å². The van der Waals surface area contributed by atoms with Gasteiger partial charge in [-0.3, -0.25) is 0 Å². The Kier molecular flexibility index (Phi) is 46.2. The number of nitrogens with zero attached hydrogens (tertiary/aromatic N) is 6. The maximum atomic E-state index is 6.41. The molecule has 4 aromatic carbocycles. The molecule has 0 spiro atoms. The number of benzene rings is 4. The van der Waals surface area contributed by atoms with Gasteiger partial charge < -0.3 is 9.97 Å². The van der Waals surface area contributed by atoms with Gasteiger partial charge in [0, 0.05) is 83.0 Å². The fourth-order valence-corrected chi connectivity index (χ4v) is 26.5. The van der Waals surface area contributed by atoms with Gasteiger partial charge in [-0.25, -0.2) is 29.9 Å². The van der Waals surface area contributed by atoms with Crippen LogP contribution >= 0.6 is 94.1 Å². The molecular formula is C96H146N8S8. The van der Waals surface area contributed by atoms with Crippen molar-refractivity contribution in [3.05, 3.63) is 48.5 Å². The number of unbranched alkanes of at least 4 members (excludes halogenated alkanes) is 40. The van der Waals surface area contributed by atoms with Crippen molar-refractivity contribution in [2.75, 3.05) is 46.0 Å². The highest BCUT2D eigenvalue weighted by atomic mass is 32.2. The molecule has 0 fully saturated rings. The van der Waals surface area contributed by atoms with Crippen LogP contribution in [-0.4, -0.2) is 85.9 Å². The Hall–Kier alpha value is -2.96. The molecule has 0 unspecified atom stereocenters. The van der Waals surface area contributed by atoms with Crippen LogP contribution in [0.3, 0.4) is 0 Å². The van der Waals surface area contributed by atoms with E-state index < -0.39 is 0 Å². The van der Waals surface area contributed by atoms with E-state index in [0.717, 1.165) is 102 Å². The smallest absolute Gasteiger partial charge is 0.165 e. The average molecular weight is 1670 g/mol. The minimum atomic E-state index is 0.662. The Labute approximate surface area is 714 Å². The van der Waals surface area contributed by atoms with Gasteiger partial charge in [0.15, 0.2) is 23.3 Å². The first-order valence-corrected chi connectivity index (χ1v) is 53.8. The molecule has 0 atom stereocenters. The minimum absolute atomic E-state index is 0.662. The third-order valence-corrected chi connectivity index (χ3v) is 32.4. The summed E-state index contributed by atoms with van der Waals surface area (Å²) in [7, 11) is 0. The van der Waals surface area contributed by atoms with Gasteiger partial charge in [-0.2, -0.15) is 0 Å². The van der Waals surface area contributed by atoms with Crippen LogP contribution in [0, 0.1) is 0 Å². The van der Waals surface area contributed by atoms with Crippen molar-refractivity contribution in [2.24, 2.45) is 0 Å². The van der Waals surface area contributed by atoms with Crippen molar-refractivity contribution in [2.45, 2.75) is 403 Å². The quantitative estimate of drug-likeness (QED) is 0.0279. The van der Waals surface area contributed by atoms with Crippen LogP contribution in [0.2, 0.25) is 0 Å². The van der Waals surface area contributed by atoms with Crippen molar-refractivity contribution >= 4 is 138 Å². The maximum Gasteiger partial charge on any atom is 0.165 e. The van der Waals surface area contributed by atoms with Gasteiger partial charge in [-0.05, 0) is 97.4 Å². The summed E-state index contributed by atoms with van der Waals surface area (Å²) in [5.74, 6) is 11.5. The van der Waals surface area contributed by atoms with Crippen LogP contribution in [0.1, 0.15) is 364 Å². The lowest BCUT2D eigenvalue weighted by Gasteiger charge is -2.23. The van der Waals surface area contributed by atoms with Crippen molar-refractivity contribution in [1.29, 1.82) is 0 Å². The molecule has 2 aliphatic heterocycles. The molecule has 16 heteroatoms. The molecule has 0 amide bonds. The van der Waals surface area contributed by atoms with Gasteiger partial charge in [0.05, 0.1) is 0 Å². The van der Waals surface area contributed by atoms with Crippen LogP contribution < -0.4 is 0 Å². The summed E-state index contributed by atoms with van der Waals surface area (Å²) < 4.78 is 0. The Morgan fingerprint density at radius 2 is 0.411 bits per heavy atom. The van der Waals surface area contributed by atoms with Gasteiger partial charge in [0.1, 0.15) is 22.6 Å². The SMILES string of the molecule is CCCCCCCCSc1c(SCCCCCCCC)c(SCCCCCCCC)c2c(c1SCCCCCCCC)-c1nc-2nc2[nH]c(nc3nc(nc4[nH]c(n1)c1ccccc41)-c1ccccc1-3)c1c(SCCCCCCCC)c(SCCCCCCCC)c(SCCCCCCCC)c(SCCCCCCCC)c21. The molecule has 8 bridgehead atoms. The average Bonchev–Trinajstić information content (AvgIpc) is 1.54. The number of rotatable bonds is 64. The molecule has 2 aliphatic rings. The lowest BCUT2D eigenvalue weighted by Crippen LogP contribution is -2.00. The first-order chi connectivity index (χ1) is 55.4. The number of aromatic amines is 2. The summed E-state index contributed by atoms with van der Waals surface area (Å²) in [5.41, 5.74) is 7.60. The number of thioether (sulfide) groups is 8. The summed E-state index contributed by atoms with van der Waals surface area (Å²) >= 11 is 17.2. The molecule has 618 valence electrons. The number of hydrogen-bond donors (Lipinski definition) is 2. The van der Waals surface area contributed by atoms with Crippen LogP contribution in [0.15, 0.2) is 87.7 Å². The molecule has 2 N–H and O–H groups in total. The van der Waals surface area contributed by atoms with Gasteiger partial charge in [-0.15, -0.1) is 94.1 Å². The van der Waals surface area contributed by atoms with E-state index in [1.807, 2.05) is 0 Å². The third-order valence-electron chi connectivity index (χ3n) is 22.1. The monoisotopic (exact) mass is 1670 g/mol. The zero-order valence-electron chi connectivity index (χ0n) is 71.2. The second-order valence-electron chi connectivity index (χ2n) is 31.8. The van der Waals surface area contributed by atoms with E-state index in [4.69, 9.17) is 29.9 Å². The number of fused-ring (bicyclic) bond motifs is 20. The fourth-order valence-electron chi connectivity index (χ4n) is 15.5. The predicted molar refractivity (Wildman–Crippen MR) is 509 cm³/mol. The first-order valence-electron chi connectivity index (χ1n) is 45.9. The zero-order valence-corrected chi connectivity index (χ0v) is 77.7. The van der Waals surface area contributed by atoms with E-state index in [1.165, 1.54) is 369 Å². The Balaban J connectivity index is 1.44. The number of H-pyrrole nitrogens is 2. The van der Waals surface area contributed by atoms with Gasteiger partial charge >= 0.3 is 0 Å². The lowest BCUT2D eigenvalue weighted by molar-refractivity contribution is 0.626. The second kappa shape index (κ2) is 55.7. The molecule has 0 saturated carbocycles. The van der Waals surface area contributed by atoms with E-state index >= 15 is 0 Å². The van der Waals surface area contributed by atoms with Crippen molar-refractivity contribution in [3.63, 3.8) is 0 Å². The van der Waals surface area contributed by atoms with E-state index in [0.29, 0.717) is 11.6 Å². The molecule has 8 nitrogen and oxygen atoms in total. The molecule has 7 aromatic rings. The third kappa shape index (κ3) is 29.2. The van der Waals surface area contributed by atoms with Crippen LogP contribution in [0.4, 0.5) is 0 Å². The summed E-state index contributed by atoms with van der Waals surface area (Å²) in [6.07, 6.45) is 61.3. The summed E-state index contributed by atoms with van der Waals surface area (Å²) in [5, 5.41) is 4.47. The normalized spacial score (nSPS) is 12.1. The van der Waals surface area contributed by atoms with Gasteiger partial charge in [0.2, 0.25) is 0 Å². The van der Waals surface area contributed by atoms with Crippen molar-refractivity contribution in [3.8, 4) is 45.6 Å². The number of nitrogens with one attached hydrogen (secondary N) is 2. The van der Waals surface area contributed by atoms with Crippen LogP contribution in [-0.2, 0) is 0 Å². The molecule has 0 radical (unpaired) electrons. The molecular weight excluding hydrogens is 1520 g/mol. The standard InChI is InChI=1S/C96H146N8S8/c1-9-17-25-33-41-53-65-105-81-77-79(83(107-67-55-43-35-27-19-11-3)87(111-71-59-47-39-31-23-15-7)85(81)109-69-57-45-37-29-21-13-5)95-102-93(77)100-91-75-63-51-49-61-73(75)89(98-91)97-90-74-62-50-52-64-76(74)92(99-90)101-94-78-80(96(103-94)104-95)84(108-68-56-44-36-28-20-12-4)88(112-72-60-48-40-32-24-16-8)86(110-70-58-46-38-30-22-14-6)82(78)106-66-54-42-34-26-18-10-2/h49-52,61-64H,9-48,53-60,65-72H2,1-8H3,(H2,97,98,99,100,101,102,103,104). The van der Waals surface area contributed by atoms with Crippen LogP contribution in [0.25, 0.3) is 89.7 Å². The number of aromatic nitrogens is 8. The van der Waals surface area contributed by atoms with E-state index in [1.54, 1.807) is 0 Å². The Morgan fingerprint density at radius 1 is 0.205 bits per heavy atom. The van der Waals surface area contributed by atoms with E-state index in [-0.39, 0.29) is 0 Å². The molecule has 0 aliphatic carbocycles. The van der Waals surface area contributed by atoms with Crippen molar-refractivity contribution < 1.29 is 0 Å². The fraction of sp³-hybridized carbons (Fsp3) is 0.667. The molecule has 0 saturated heterocycles. The zero-order chi connectivity index (χ0) is 78.4. The molecule has 9 rings (SSSR count). The van der Waals surface area contributed by atoms with E-state index in [2.05, 4.69) is 208 Å². The molecule has 3 aromatic heterocycles. The van der Waals surface area contributed by atoms with Crippen LogP contribution in [0.5, 0.6) is 0 Å². The Morgan fingerprint density at radius 3 is 0.705 bits per heavy atom. The lowest BCUT2D eigenvalue weighted by atomic mass is 10.1. The second-order valence-corrected chi connectivity index (χ2v) is 40.6. The highest BCUT2D eigenvalue weighted by Crippen LogP contribution is 2.57. The minimum Gasteiger partial charge on any atom is -0.324 e. The van der Waals surface area contributed by atoms with Gasteiger partial charge in [-0.1, -0.05) is 361 Å². The Bertz CT molecular complexity index is 4000. The largest absolute Gasteiger partial charge is 0.324 e. The summed E-state index contributed by atoms with van der Waals surface area (Å²) in [6.45, 7) is 18.8. The topological polar surface area (TPSA) is 109 Å². The first kappa shape index (κ1) is 92.9. The summed E-state index contributed by atoms with van der Waals surface area (Å²) in [6, 6.07) is 17.4.